The Labute approximate surface area is 158 Å². The van der Waals surface area contributed by atoms with Crippen molar-refractivity contribution in [3.63, 3.8) is 0 Å². The van der Waals surface area contributed by atoms with Crippen LogP contribution in [0.5, 0.6) is 0 Å². The van der Waals surface area contributed by atoms with E-state index in [1.165, 1.54) is 5.56 Å². The third-order valence-electron chi connectivity index (χ3n) is 5.14. The summed E-state index contributed by atoms with van der Waals surface area (Å²) in [5.74, 6) is 0.167. The lowest BCUT2D eigenvalue weighted by Crippen LogP contribution is -2.47. The highest BCUT2D eigenvalue weighted by molar-refractivity contribution is 5.92. The van der Waals surface area contributed by atoms with E-state index in [0.29, 0.717) is 44.8 Å². The maximum absolute atomic E-state index is 12.7. The van der Waals surface area contributed by atoms with Crippen molar-refractivity contribution in [3.05, 3.63) is 54.0 Å². The summed E-state index contributed by atoms with van der Waals surface area (Å²) in [7, 11) is 1.96. The molecule has 0 N–H and O–H groups in total. The Kier molecular flexibility index (Phi) is 5.05. The number of aromatic nitrogens is 2. The van der Waals surface area contributed by atoms with Crippen LogP contribution >= 0.6 is 0 Å². The maximum Gasteiger partial charge on any atom is 0.274 e. The zero-order valence-corrected chi connectivity index (χ0v) is 15.5. The second kappa shape index (κ2) is 7.62. The van der Waals surface area contributed by atoms with Gasteiger partial charge in [0.05, 0.1) is 25.6 Å². The summed E-state index contributed by atoms with van der Waals surface area (Å²) < 4.78 is 11.4. The highest BCUT2D eigenvalue weighted by atomic mass is 16.7. The van der Waals surface area contributed by atoms with Crippen molar-refractivity contribution in [3.8, 4) is 0 Å². The highest BCUT2D eigenvalue weighted by Gasteiger charge is 2.41. The van der Waals surface area contributed by atoms with Gasteiger partial charge in [-0.05, 0) is 5.56 Å². The Bertz CT molecular complexity index is 766. The summed E-state index contributed by atoms with van der Waals surface area (Å²) in [6.07, 6.45) is 4.62. The summed E-state index contributed by atoms with van der Waals surface area (Å²) in [5, 5.41) is 0. The fraction of sp³-hybridized carbons (Fsp3) is 0.450. The zero-order valence-electron chi connectivity index (χ0n) is 15.5. The highest BCUT2D eigenvalue weighted by Crippen LogP contribution is 2.31. The van der Waals surface area contributed by atoms with Crippen molar-refractivity contribution in [1.82, 2.24) is 14.9 Å². The molecule has 3 heterocycles. The van der Waals surface area contributed by atoms with E-state index in [2.05, 4.69) is 22.1 Å². The monoisotopic (exact) mass is 368 g/mol. The van der Waals surface area contributed by atoms with Gasteiger partial charge in [0.2, 0.25) is 0 Å². The van der Waals surface area contributed by atoms with Gasteiger partial charge in [-0.2, -0.15) is 0 Å². The molecule has 0 bridgehead atoms. The molecule has 0 aliphatic carbocycles. The van der Waals surface area contributed by atoms with Gasteiger partial charge in [-0.3, -0.25) is 4.79 Å². The summed E-state index contributed by atoms with van der Waals surface area (Å²) >= 11 is 0. The van der Waals surface area contributed by atoms with Gasteiger partial charge in [-0.25, -0.2) is 9.97 Å². The maximum atomic E-state index is 12.7. The van der Waals surface area contributed by atoms with Crippen molar-refractivity contribution in [2.75, 3.05) is 38.3 Å². The molecule has 2 aliphatic heterocycles. The molecule has 1 spiro atoms. The number of hydrogen-bond donors (Lipinski definition) is 0. The zero-order chi connectivity index (χ0) is 18.7. The molecule has 2 aliphatic rings. The summed E-state index contributed by atoms with van der Waals surface area (Å²) in [6, 6.07) is 10.2. The van der Waals surface area contributed by atoms with Crippen LogP contribution in [0.1, 0.15) is 28.9 Å². The number of hydrogen-bond acceptors (Lipinski definition) is 6. The first-order valence-corrected chi connectivity index (χ1v) is 9.30. The standard InChI is InChI=1S/C20H24N4O3/c1-23(15-16-5-3-2-4-6-16)18-14-21-17(13-22-18)19(25)24-9-7-20(8-10-24)26-11-12-27-20/h2-6,13-14H,7-12,15H2,1H3. The molecule has 0 unspecified atom stereocenters. The van der Waals surface area contributed by atoms with Crippen LogP contribution < -0.4 is 4.90 Å². The molecule has 7 heteroatoms. The molecule has 142 valence electrons. The van der Waals surface area contributed by atoms with Crippen molar-refractivity contribution in [2.24, 2.45) is 0 Å². The largest absolute Gasteiger partial charge is 0.354 e. The molecule has 0 radical (unpaired) electrons. The van der Waals surface area contributed by atoms with Gasteiger partial charge in [0.25, 0.3) is 5.91 Å². The van der Waals surface area contributed by atoms with Crippen molar-refractivity contribution in [2.45, 2.75) is 25.2 Å². The Morgan fingerprint density at radius 2 is 1.81 bits per heavy atom. The molecule has 0 saturated carbocycles. The number of piperidine rings is 1. The number of anilines is 1. The predicted molar refractivity (Wildman–Crippen MR) is 100 cm³/mol. The SMILES string of the molecule is CN(Cc1ccccc1)c1cnc(C(=O)N2CCC3(CC2)OCCO3)cn1. The van der Waals surface area contributed by atoms with Crippen LogP contribution in [0, 0.1) is 0 Å². The van der Waals surface area contributed by atoms with Crippen molar-refractivity contribution >= 4 is 11.7 Å². The lowest BCUT2D eigenvalue weighted by atomic mass is 10.0. The normalized spacial score (nSPS) is 18.6. The molecule has 1 aromatic carbocycles. The number of carbonyl (C=O) groups is 1. The quantitative estimate of drug-likeness (QED) is 0.823. The van der Waals surface area contributed by atoms with E-state index in [1.54, 1.807) is 17.3 Å². The average molecular weight is 368 g/mol. The number of amides is 1. The van der Waals surface area contributed by atoms with Gasteiger partial charge < -0.3 is 19.3 Å². The van der Waals surface area contributed by atoms with Gasteiger partial charge in [0.1, 0.15) is 11.5 Å². The van der Waals surface area contributed by atoms with Crippen LogP contribution in [0.2, 0.25) is 0 Å². The third kappa shape index (κ3) is 3.94. The smallest absolute Gasteiger partial charge is 0.274 e. The number of rotatable bonds is 4. The minimum absolute atomic E-state index is 0.0902. The Morgan fingerprint density at radius 3 is 2.44 bits per heavy atom. The fourth-order valence-electron chi connectivity index (χ4n) is 3.57. The van der Waals surface area contributed by atoms with E-state index in [1.807, 2.05) is 30.1 Å². The molecule has 4 rings (SSSR count). The van der Waals surface area contributed by atoms with Gasteiger partial charge in [0, 0.05) is 39.5 Å². The van der Waals surface area contributed by atoms with E-state index in [0.717, 1.165) is 12.4 Å². The second-order valence-electron chi connectivity index (χ2n) is 7.00. The van der Waals surface area contributed by atoms with Crippen LogP contribution in [-0.2, 0) is 16.0 Å². The van der Waals surface area contributed by atoms with Gasteiger partial charge in [-0.15, -0.1) is 0 Å². The number of likely N-dealkylation sites (tertiary alicyclic amines) is 1. The topological polar surface area (TPSA) is 67.8 Å². The van der Waals surface area contributed by atoms with Crippen LogP contribution in [-0.4, -0.2) is 59.9 Å². The molecule has 2 fully saturated rings. The number of carbonyl (C=O) groups excluding carboxylic acids is 1. The van der Waals surface area contributed by atoms with Gasteiger partial charge in [0.15, 0.2) is 5.79 Å². The lowest BCUT2D eigenvalue weighted by molar-refractivity contribution is -0.181. The number of nitrogens with zero attached hydrogens (tertiary/aromatic N) is 4. The van der Waals surface area contributed by atoms with Crippen LogP contribution in [0.4, 0.5) is 5.82 Å². The molecule has 27 heavy (non-hydrogen) atoms. The molecular formula is C20H24N4O3. The summed E-state index contributed by atoms with van der Waals surface area (Å²) in [6.45, 7) is 3.22. The van der Waals surface area contributed by atoms with E-state index in [9.17, 15) is 4.79 Å². The number of ether oxygens (including phenoxy) is 2. The molecule has 1 amide bonds. The average Bonchev–Trinajstić information content (AvgIpc) is 3.17. The predicted octanol–water partition coefficient (Wildman–Crippen LogP) is 2.09. The summed E-state index contributed by atoms with van der Waals surface area (Å²) in [5.41, 5.74) is 1.57. The Morgan fingerprint density at radius 1 is 1.11 bits per heavy atom. The van der Waals surface area contributed by atoms with E-state index in [-0.39, 0.29) is 5.91 Å². The Hall–Kier alpha value is -2.51. The molecule has 1 aromatic heterocycles. The molecule has 0 atom stereocenters. The minimum atomic E-state index is -0.480. The first-order chi connectivity index (χ1) is 13.2. The van der Waals surface area contributed by atoms with E-state index >= 15 is 0 Å². The van der Waals surface area contributed by atoms with Crippen molar-refractivity contribution < 1.29 is 14.3 Å². The minimum Gasteiger partial charge on any atom is -0.354 e. The van der Waals surface area contributed by atoms with E-state index < -0.39 is 5.79 Å². The lowest BCUT2D eigenvalue weighted by Gasteiger charge is -2.37. The first-order valence-electron chi connectivity index (χ1n) is 9.30. The molecular weight excluding hydrogens is 344 g/mol. The molecule has 2 aromatic rings. The van der Waals surface area contributed by atoms with Crippen LogP contribution in [0.25, 0.3) is 0 Å². The fourth-order valence-corrected chi connectivity index (χ4v) is 3.57. The third-order valence-corrected chi connectivity index (χ3v) is 5.14. The van der Waals surface area contributed by atoms with Crippen LogP contribution in [0.3, 0.4) is 0 Å². The molecule has 7 nitrogen and oxygen atoms in total. The van der Waals surface area contributed by atoms with Gasteiger partial charge in [-0.1, -0.05) is 30.3 Å². The van der Waals surface area contributed by atoms with Gasteiger partial charge >= 0.3 is 0 Å². The number of benzene rings is 1. The summed E-state index contributed by atoms with van der Waals surface area (Å²) in [4.78, 5) is 25.3. The van der Waals surface area contributed by atoms with E-state index in [4.69, 9.17) is 9.47 Å². The molecule has 2 saturated heterocycles. The van der Waals surface area contributed by atoms with Crippen molar-refractivity contribution in [1.29, 1.82) is 0 Å². The second-order valence-corrected chi connectivity index (χ2v) is 7.00. The van der Waals surface area contributed by atoms with Crippen LogP contribution in [0.15, 0.2) is 42.7 Å². The first kappa shape index (κ1) is 17.9. The Balaban J connectivity index is 1.36.